The second-order valence-electron chi connectivity index (χ2n) is 5.38. The van der Waals surface area contributed by atoms with Gasteiger partial charge in [-0.25, -0.2) is 4.39 Å². The summed E-state index contributed by atoms with van der Waals surface area (Å²) in [6.07, 6.45) is 5.68. The first-order chi connectivity index (χ1) is 8.03. The Morgan fingerprint density at radius 3 is 2.71 bits per heavy atom. The van der Waals surface area contributed by atoms with Gasteiger partial charge in [0.2, 0.25) is 0 Å². The molecule has 1 aliphatic carbocycles. The van der Waals surface area contributed by atoms with E-state index in [1.807, 2.05) is 6.07 Å². The zero-order chi connectivity index (χ0) is 12.5. The Hall–Kier alpha value is -0.410. The van der Waals surface area contributed by atoms with Gasteiger partial charge in [0.15, 0.2) is 0 Å². The van der Waals surface area contributed by atoms with Gasteiger partial charge in [-0.15, -0.1) is 0 Å². The lowest BCUT2D eigenvalue weighted by molar-refractivity contribution is 0.260. The fourth-order valence-electron chi connectivity index (χ4n) is 2.74. The van der Waals surface area contributed by atoms with E-state index in [2.05, 4.69) is 22.9 Å². The maximum absolute atomic E-state index is 13.4. The number of benzene rings is 1. The van der Waals surface area contributed by atoms with Gasteiger partial charge in [-0.2, -0.15) is 0 Å². The molecular weight excluding hydrogens is 281 g/mol. The molecule has 1 unspecified atom stereocenters. The van der Waals surface area contributed by atoms with Crippen LogP contribution in [0.25, 0.3) is 0 Å². The van der Waals surface area contributed by atoms with Crippen molar-refractivity contribution in [3.8, 4) is 0 Å². The predicted molar refractivity (Wildman–Crippen MR) is 72.4 cm³/mol. The van der Waals surface area contributed by atoms with Crippen LogP contribution in [0.3, 0.4) is 0 Å². The van der Waals surface area contributed by atoms with E-state index in [1.165, 1.54) is 31.7 Å². The molecule has 0 saturated heterocycles. The van der Waals surface area contributed by atoms with Crippen molar-refractivity contribution in [2.45, 2.75) is 45.1 Å². The fraction of sp³-hybridized carbons (Fsp3) is 0.571. The van der Waals surface area contributed by atoms with Crippen LogP contribution < -0.4 is 5.73 Å². The highest BCUT2D eigenvalue weighted by Crippen LogP contribution is 2.41. The van der Waals surface area contributed by atoms with Crippen molar-refractivity contribution in [1.82, 2.24) is 0 Å². The zero-order valence-electron chi connectivity index (χ0n) is 10.2. The van der Waals surface area contributed by atoms with Crippen molar-refractivity contribution in [1.29, 1.82) is 0 Å². The highest BCUT2D eigenvalue weighted by atomic mass is 79.9. The Labute approximate surface area is 111 Å². The van der Waals surface area contributed by atoms with Crippen molar-refractivity contribution in [3.63, 3.8) is 0 Å². The normalized spacial score (nSPS) is 20.5. The Balaban J connectivity index is 2.12. The minimum Gasteiger partial charge on any atom is -0.327 e. The fourth-order valence-corrected chi connectivity index (χ4v) is 3.17. The van der Waals surface area contributed by atoms with Crippen LogP contribution >= 0.6 is 15.9 Å². The molecule has 94 valence electrons. The van der Waals surface area contributed by atoms with Gasteiger partial charge in [-0.3, -0.25) is 0 Å². The molecule has 2 N–H and O–H groups in total. The number of nitrogens with two attached hydrogens (primary N) is 1. The second kappa shape index (κ2) is 5.07. The van der Waals surface area contributed by atoms with Crippen LogP contribution in [0.2, 0.25) is 0 Å². The minimum atomic E-state index is -0.203. The van der Waals surface area contributed by atoms with E-state index >= 15 is 0 Å². The molecule has 1 fully saturated rings. The standard InChI is InChI=1S/C14H19BrFN/c1-14(7-2-3-8-14)12(17)9-10-5-4-6-11(16)13(10)15/h4-6,12H,2-3,7-9,17H2,1H3. The SMILES string of the molecule is CC1(C(N)Cc2cccc(F)c2Br)CCCC1. The molecule has 1 aliphatic rings. The summed E-state index contributed by atoms with van der Waals surface area (Å²) in [6.45, 7) is 2.26. The van der Waals surface area contributed by atoms with E-state index in [1.54, 1.807) is 6.07 Å². The van der Waals surface area contributed by atoms with Gasteiger partial charge in [0.05, 0.1) is 4.47 Å². The van der Waals surface area contributed by atoms with Gasteiger partial charge in [0.25, 0.3) is 0 Å². The molecule has 1 atom stereocenters. The molecule has 0 bridgehead atoms. The lowest BCUT2D eigenvalue weighted by Crippen LogP contribution is -2.39. The maximum atomic E-state index is 13.4. The smallest absolute Gasteiger partial charge is 0.137 e. The highest BCUT2D eigenvalue weighted by Gasteiger charge is 2.34. The lowest BCUT2D eigenvalue weighted by Gasteiger charge is -2.31. The van der Waals surface area contributed by atoms with Gasteiger partial charge >= 0.3 is 0 Å². The van der Waals surface area contributed by atoms with Crippen LogP contribution in [0, 0.1) is 11.2 Å². The van der Waals surface area contributed by atoms with E-state index in [0.29, 0.717) is 4.47 Å². The van der Waals surface area contributed by atoms with Crippen LogP contribution in [0.4, 0.5) is 4.39 Å². The van der Waals surface area contributed by atoms with E-state index in [-0.39, 0.29) is 17.3 Å². The molecule has 0 aromatic heterocycles. The van der Waals surface area contributed by atoms with Crippen LogP contribution in [0.1, 0.15) is 38.2 Å². The Bertz CT molecular complexity index is 399. The predicted octanol–water partition coefficient (Wildman–Crippen LogP) is 4.04. The third-order valence-electron chi connectivity index (χ3n) is 4.11. The first-order valence-electron chi connectivity index (χ1n) is 6.21. The Morgan fingerprint density at radius 2 is 2.06 bits per heavy atom. The Morgan fingerprint density at radius 1 is 1.41 bits per heavy atom. The summed E-state index contributed by atoms with van der Waals surface area (Å²) in [5.74, 6) is -0.203. The van der Waals surface area contributed by atoms with Gasteiger partial charge in [-0.05, 0) is 52.2 Å². The quantitative estimate of drug-likeness (QED) is 0.896. The van der Waals surface area contributed by atoms with Crippen molar-refractivity contribution in [2.24, 2.45) is 11.1 Å². The third kappa shape index (κ3) is 2.71. The summed E-state index contributed by atoms with van der Waals surface area (Å²) in [4.78, 5) is 0. The monoisotopic (exact) mass is 299 g/mol. The summed E-state index contributed by atoms with van der Waals surface area (Å²) in [7, 11) is 0. The van der Waals surface area contributed by atoms with Crippen molar-refractivity contribution >= 4 is 15.9 Å². The molecule has 0 amide bonds. The van der Waals surface area contributed by atoms with E-state index in [0.717, 1.165) is 12.0 Å². The molecule has 3 heteroatoms. The van der Waals surface area contributed by atoms with Crippen LogP contribution in [0.5, 0.6) is 0 Å². The van der Waals surface area contributed by atoms with Crippen LogP contribution in [-0.2, 0) is 6.42 Å². The van der Waals surface area contributed by atoms with Crippen molar-refractivity contribution < 1.29 is 4.39 Å². The van der Waals surface area contributed by atoms with Gasteiger partial charge < -0.3 is 5.73 Å². The lowest BCUT2D eigenvalue weighted by atomic mass is 9.78. The average Bonchev–Trinajstić information content (AvgIpc) is 2.73. The molecule has 1 saturated carbocycles. The molecule has 1 aromatic carbocycles. The zero-order valence-corrected chi connectivity index (χ0v) is 11.8. The Kier molecular flexibility index (Phi) is 3.88. The van der Waals surface area contributed by atoms with Crippen molar-refractivity contribution in [3.05, 3.63) is 34.1 Å². The molecular formula is C14H19BrFN. The molecule has 1 nitrogen and oxygen atoms in total. The van der Waals surface area contributed by atoms with Gasteiger partial charge in [0.1, 0.15) is 5.82 Å². The van der Waals surface area contributed by atoms with E-state index in [4.69, 9.17) is 5.73 Å². The molecule has 17 heavy (non-hydrogen) atoms. The summed E-state index contributed by atoms with van der Waals surface area (Å²) in [5, 5.41) is 0. The number of rotatable bonds is 3. The van der Waals surface area contributed by atoms with Crippen LogP contribution in [0.15, 0.2) is 22.7 Å². The highest BCUT2D eigenvalue weighted by molar-refractivity contribution is 9.10. The summed E-state index contributed by atoms with van der Waals surface area (Å²) < 4.78 is 14.0. The number of halogens is 2. The topological polar surface area (TPSA) is 26.0 Å². The summed E-state index contributed by atoms with van der Waals surface area (Å²) in [6, 6.07) is 5.28. The molecule has 0 aliphatic heterocycles. The molecule has 2 rings (SSSR count). The molecule has 0 radical (unpaired) electrons. The molecule has 1 aromatic rings. The number of hydrogen-bond acceptors (Lipinski definition) is 1. The second-order valence-corrected chi connectivity index (χ2v) is 6.18. The maximum Gasteiger partial charge on any atom is 0.137 e. The number of hydrogen-bond donors (Lipinski definition) is 1. The van der Waals surface area contributed by atoms with E-state index in [9.17, 15) is 4.39 Å². The average molecular weight is 300 g/mol. The largest absolute Gasteiger partial charge is 0.327 e. The van der Waals surface area contributed by atoms with Crippen molar-refractivity contribution in [2.75, 3.05) is 0 Å². The van der Waals surface area contributed by atoms with E-state index < -0.39 is 0 Å². The van der Waals surface area contributed by atoms with Gasteiger partial charge in [0, 0.05) is 6.04 Å². The summed E-state index contributed by atoms with van der Waals surface area (Å²) >= 11 is 3.30. The first kappa shape index (κ1) is 13.0. The molecule has 0 spiro atoms. The minimum absolute atomic E-state index is 0.114. The summed E-state index contributed by atoms with van der Waals surface area (Å²) in [5.41, 5.74) is 7.53. The van der Waals surface area contributed by atoms with Gasteiger partial charge in [-0.1, -0.05) is 31.9 Å². The third-order valence-corrected chi connectivity index (χ3v) is 5.00. The molecule has 0 heterocycles. The first-order valence-corrected chi connectivity index (χ1v) is 7.01. The van der Waals surface area contributed by atoms with Crippen LogP contribution in [-0.4, -0.2) is 6.04 Å².